The quantitative estimate of drug-likeness (QED) is 0.849. The minimum atomic E-state index is 0.200. The lowest BCUT2D eigenvalue weighted by molar-refractivity contribution is -0.127. The zero-order valence-electron chi connectivity index (χ0n) is 17.2. The molecule has 1 aromatic carbocycles. The first-order valence-electron chi connectivity index (χ1n) is 11.4. The van der Waals surface area contributed by atoms with Crippen molar-refractivity contribution in [1.82, 2.24) is 20.1 Å². The minimum absolute atomic E-state index is 0.200. The van der Waals surface area contributed by atoms with Crippen molar-refractivity contribution >= 4 is 16.8 Å². The van der Waals surface area contributed by atoms with E-state index in [4.69, 9.17) is 0 Å². The van der Waals surface area contributed by atoms with Gasteiger partial charge in [0.1, 0.15) is 0 Å². The number of likely N-dealkylation sites (tertiary alicyclic amines) is 2. The Morgan fingerprint density at radius 3 is 2.69 bits per heavy atom. The van der Waals surface area contributed by atoms with Crippen LogP contribution in [0, 0.1) is 5.92 Å². The van der Waals surface area contributed by atoms with Crippen molar-refractivity contribution in [2.45, 2.75) is 57.2 Å². The van der Waals surface area contributed by atoms with Crippen LogP contribution >= 0.6 is 0 Å². The third kappa shape index (κ3) is 4.46. The number of hydrogen-bond donors (Lipinski definition) is 1. The van der Waals surface area contributed by atoms with E-state index in [1.165, 1.54) is 36.6 Å². The first kappa shape index (κ1) is 19.0. The number of fused-ring (bicyclic) bond motifs is 1. The summed E-state index contributed by atoms with van der Waals surface area (Å²) in [5.74, 6) is 0.504. The van der Waals surface area contributed by atoms with Crippen LogP contribution in [0.2, 0.25) is 0 Å². The SMILES string of the molecule is O=C(NC1CC1)C1CCCN(C2CCN(Cc3ccnc4ccccc34)CC2)C1. The molecule has 1 saturated carbocycles. The molecule has 1 atom stereocenters. The molecule has 1 unspecified atom stereocenters. The van der Waals surface area contributed by atoms with E-state index >= 15 is 0 Å². The van der Waals surface area contributed by atoms with Gasteiger partial charge in [0.2, 0.25) is 5.91 Å². The topological polar surface area (TPSA) is 48.5 Å². The summed E-state index contributed by atoms with van der Waals surface area (Å²) < 4.78 is 0. The van der Waals surface area contributed by atoms with Crippen molar-refractivity contribution in [3.05, 3.63) is 42.1 Å². The number of carbonyl (C=O) groups excluding carboxylic acids is 1. The van der Waals surface area contributed by atoms with Gasteiger partial charge in [-0.15, -0.1) is 0 Å². The van der Waals surface area contributed by atoms with Gasteiger partial charge in [-0.2, -0.15) is 0 Å². The van der Waals surface area contributed by atoms with Gasteiger partial charge in [-0.1, -0.05) is 18.2 Å². The summed E-state index contributed by atoms with van der Waals surface area (Å²) in [5, 5.41) is 4.49. The molecule has 5 rings (SSSR count). The molecule has 1 aliphatic carbocycles. The molecule has 0 bridgehead atoms. The molecule has 1 aromatic heterocycles. The van der Waals surface area contributed by atoms with E-state index in [1.54, 1.807) is 0 Å². The van der Waals surface area contributed by atoms with Crippen LogP contribution in [0.5, 0.6) is 0 Å². The van der Waals surface area contributed by atoms with E-state index in [1.807, 2.05) is 6.20 Å². The summed E-state index contributed by atoms with van der Waals surface area (Å²) in [6.45, 7) is 5.39. The molecule has 2 aliphatic heterocycles. The molecule has 2 saturated heterocycles. The second kappa shape index (κ2) is 8.41. The predicted molar refractivity (Wildman–Crippen MR) is 116 cm³/mol. The van der Waals surface area contributed by atoms with Gasteiger partial charge in [0.15, 0.2) is 0 Å². The van der Waals surface area contributed by atoms with Crippen molar-refractivity contribution in [3.63, 3.8) is 0 Å². The van der Waals surface area contributed by atoms with Gasteiger partial charge in [-0.3, -0.25) is 19.6 Å². The molecule has 3 aliphatic rings. The van der Waals surface area contributed by atoms with E-state index in [2.05, 4.69) is 50.4 Å². The van der Waals surface area contributed by atoms with Gasteiger partial charge in [0, 0.05) is 36.8 Å². The van der Waals surface area contributed by atoms with Crippen LogP contribution in [0.4, 0.5) is 0 Å². The average molecular weight is 393 g/mol. The standard InChI is InChI=1S/C24H32N4O/c29-24(26-20-7-8-20)19-4-3-13-28(17-19)21-10-14-27(15-11-21)16-18-9-12-25-23-6-2-1-5-22(18)23/h1-2,5-6,9,12,19-21H,3-4,7-8,10-11,13-17H2,(H,26,29). The Kier molecular flexibility index (Phi) is 5.51. The van der Waals surface area contributed by atoms with E-state index in [9.17, 15) is 4.79 Å². The summed E-state index contributed by atoms with van der Waals surface area (Å²) >= 11 is 0. The van der Waals surface area contributed by atoms with Gasteiger partial charge in [-0.25, -0.2) is 0 Å². The van der Waals surface area contributed by atoms with Crippen molar-refractivity contribution < 1.29 is 4.79 Å². The number of rotatable bonds is 5. The second-order valence-electron chi connectivity index (χ2n) is 9.11. The van der Waals surface area contributed by atoms with E-state index in [0.717, 1.165) is 51.1 Å². The van der Waals surface area contributed by atoms with Crippen LogP contribution in [0.1, 0.15) is 44.1 Å². The molecule has 2 aromatic rings. The number of hydrogen-bond acceptors (Lipinski definition) is 4. The maximum absolute atomic E-state index is 12.5. The lowest BCUT2D eigenvalue weighted by atomic mass is 9.93. The van der Waals surface area contributed by atoms with Crippen molar-refractivity contribution in [1.29, 1.82) is 0 Å². The van der Waals surface area contributed by atoms with E-state index in [0.29, 0.717) is 18.0 Å². The third-order valence-electron chi connectivity index (χ3n) is 6.95. The number of aromatic nitrogens is 1. The second-order valence-corrected chi connectivity index (χ2v) is 9.11. The monoisotopic (exact) mass is 392 g/mol. The Labute approximate surface area is 173 Å². The molecule has 5 heteroatoms. The molecule has 29 heavy (non-hydrogen) atoms. The fraction of sp³-hybridized carbons (Fsp3) is 0.583. The Morgan fingerprint density at radius 1 is 1.03 bits per heavy atom. The van der Waals surface area contributed by atoms with E-state index in [-0.39, 0.29) is 5.92 Å². The minimum Gasteiger partial charge on any atom is -0.353 e. The fourth-order valence-electron chi connectivity index (χ4n) is 5.08. The Bertz CT molecular complexity index is 852. The van der Waals surface area contributed by atoms with Gasteiger partial charge in [0.05, 0.1) is 11.4 Å². The molecule has 3 heterocycles. The highest BCUT2D eigenvalue weighted by Gasteiger charge is 2.33. The maximum atomic E-state index is 12.5. The number of nitrogens with one attached hydrogen (secondary N) is 1. The van der Waals surface area contributed by atoms with Crippen LogP contribution < -0.4 is 5.32 Å². The molecule has 154 valence electrons. The highest BCUT2D eigenvalue weighted by atomic mass is 16.2. The Morgan fingerprint density at radius 2 is 1.86 bits per heavy atom. The molecule has 0 spiro atoms. The lowest BCUT2D eigenvalue weighted by Crippen LogP contribution is -2.50. The van der Waals surface area contributed by atoms with Crippen LogP contribution in [0.15, 0.2) is 36.5 Å². The number of piperidine rings is 2. The van der Waals surface area contributed by atoms with E-state index < -0.39 is 0 Å². The summed E-state index contributed by atoms with van der Waals surface area (Å²) in [5.41, 5.74) is 2.47. The number of para-hydroxylation sites is 1. The smallest absolute Gasteiger partial charge is 0.224 e. The highest BCUT2D eigenvalue weighted by molar-refractivity contribution is 5.81. The number of amides is 1. The normalized spacial score (nSPS) is 24.6. The van der Waals surface area contributed by atoms with Gasteiger partial charge in [0.25, 0.3) is 0 Å². The van der Waals surface area contributed by atoms with Crippen LogP contribution in [0.3, 0.4) is 0 Å². The molecular weight excluding hydrogens is 360 g/mol. The number of carbonyl (C=O) groups is 1. The van der Waals surface area contributed by atoms with Crippen molar-refractivity contribution in [2.24, 2.45) is 5.92 Å². The maximum Gasteiger partial charge on any atom is 0.224 e. The van der Waals surface area contributed by atoms with Gasteiger partial charge < -0.3 is 5.32 Å². The first-order valence-corrected chi connectivity index (χ1v) is 11.4. The van der Waals surface area contributed by atoms with Gasteiger partial charge >= 0.3 is 0 Å². The third-order valence-corrected chi connectivity index (χ3v) is 6.95. The predicted octanol–water partition coefficient (Wildman–Crippen LogP) is 3.19. The largest absolute Gasteiger partial charge is 0.353 e. The Balaban J connectivity index is 1.15. The number of pyridine rings is 1. The van der Waals surface area contributed by atoms with Gasteiger partial charge in [-0.05, 0) is 75.9 Å². The molecule has 5 nitrogen and oxygen atoms in total. The molecule has 0 radical (unpaired) electrons. The average Bonchev–Trinajstić information content (AvgIpc) is 3.59. The zero-order chi connectivity index (χ0) is 19.6. The molecule has 1 amide bonds. The van der Waals surface area contributed by atoms with Crippen molar-refractivity contribution in [3.8, 4) is 0 Å². The Hall–Kier alpha value is -1.98. The first-order chi connectivity index (χ1) is 14.3. The molecule has 3 fully saturated rings. The lowest BCUT2D eigenvalue weighted by Gasteiger charge is -2.42. The number of benzene rings is 1. The summed E-state index contributed by atoms with van der Waals surface area (Å²) in [7, 11) is 0. The van der Waals surface area contributed by atoms with Crippen molar-refractivity contribution in [2.75, 3.05) is 26.2 Å². The summed E-state index contributed by atoms with van der Waals surface area (Å²) in [6.07, 6.45) is 8.92. The summed E-state index contributed by atoms with van der Waals surface area (Å²) in [4.78, 5) is 22.2. The van der Waals surface area contributed by atoms with Crippen LogP contribution in [0.25, 0.3) is 10.9 Å². The zero-order valence-corrected chi connectivity index (χ0v) is 17.2. The highest BCUT2D eigenvalue weighted by Crippen LogP contribution is 2.27. The molecular formula is C24H32N4O. The van der Waals surface area contributed by atoms with Crippen LogP contribution in [-0.4, -0.2) is 59.0 Å². The summed E-state index contributed by atoms with van der Waals surface area (Å²) in [6, 6.07) is 11.7. The fourth-order valence-corrected chi connectivity index (χ4v) is 5.08. The van der Waals surface area contributed by atoms with Crippen LogP contribution in [-0.2, 0) is 11.3 Å². The molecule has 1 N–H and O–H groups in total. The number of nitrogens with zero attached hydrogens (tertiary/aromatic N) is 3.